The Labute approximate surface area is 88.9 Å². The molecule has 0 unspecified atom stereocenters. The van der Waals surface area contributed by atoms with E-state index in [0.29, 0.717) is 0 Å². The zero-order valence-corrected chi connectivity index (χ0v) is 9.50. The summed E-state index contributed by atoms with van der Waals surface area (Å²) in [4.78, 5) is 1.19. The van der Waals surface area contributed by atoms with Crippen molar-refractivity contribution >= 4 is 23.4 Å². The number of nitrogens with one attached hydrogen (secondary N) is 1. The molecule has 0 atom stereocenters. The molecular weight excluding hydrogens is 202 g/mol. The molecule has 13 heavy (non-hydrogen) atoms. The second kappa shape index (κ2) is 5.53. The first kappa shape index (κ1) is 10.9. The predicted octanol–water partition coefficient (Wildman–Crippen LogP) is 3.17. The molecule has 1 nitrogen and oxygen atoms in total. The number of hydrogen-bond acceptors (Lipinski definition) is 2. The van der Waals surface area contributed by atoms with E-state index < -0.39 is 0 Å². The van der Waals surface area contributed by atoms with Gasteiger partial charge in [0.1, 0.15) is 0 Å². The smallest absolute Gasteiger partial charge is 0.0545 e. The predicted molar refractivity (Wildman–Crippen MR) is 60.6 cm³/mol. The van der Waals surface area contributed by atoms with Crippen molar-refractivity contribution in [1.29, 1.82) is 0 Å². The van der Waals surface area contributed by atoms with Gasteiger partial charge in [0.15, 0.2) is 0 Å². The zero-order chi connectivity index (χ0) is 9.68. The molecule has 0 saturated heterocycles. The Kier molecular flexibility index (Phi) is 4.64. The molecule has 72 valence electrons. The maximum atomic E-state index is 6.06. The summed E-state index contributed by atoms with van der Waals surface area (Å²) in [7, 11) is 0. The lowest BCUT2D eigenvalue weighted by Gasteiger charge is -2.08. The summed E-state index contributed by atoms with van der Waals surface area (Å²) in [5.41, 5.74) is 1.28. The molecule has 0 heterocycles. The van der Waals surface area contributed by atoms with Crippen molar-refractivity contribution in [3.63, 3.8) is 0 Å². The fraction of sp³-hybridized carbons (Fsp3) is 0.400. The molecule has 1 N–H and O–H groups in total. The summed E-state index contributed by atoms with van der Waals surface area (Å²) >= 11 is 7.76. The van der Waals surface area contributed by atoms with E-state index in [-0.39, 0.29) is 0 Å². The minimum absolute atomic E-state index is 0.850. The van der Waals surface area contributed by atoms with Gasteiger partial charge in [0, 0.05) is 11.4 Å². The Morgan fingerprint density at radius 1 is 1.46 bits per heavy atom. The van der Waals surface area contributed by atoms with Gasteiger partial charge in [-0.3, -0.25) is 0 Å². The first-order valence-corrected chi connectivity index (χ1v) is 5.92. The SMILES string of the molecule is CCNCc1cccc(Cl)c1SC. The Balaban J connectivity index is 2.85. The molecular formula is C10H14ClNS. The highest BCUT2D eigenvalue weighted by molar-refractivity contribution is 7.98. The van der Waals surface area contributed by atoms with Crippen LogP contribution in [0.25, 0.3) is 0 Å². The van der Waals surface area contributed by atoms with E-state index in [4.69, 9.17) is 11.6 Å². The van der Waals surface area contributed by atoms with Gasteiger partial charge in [-0.2, -0.15) is 0 Å². The zero-order valence-electron chi connectivity index (χ0n) is 7.93. The van der Waals surface area contributed by atoms with Crippen LogP contribution in [-0.2, 0) is 6.54 Å². The summed E-state index contributed by atoms with van der Waals surface area (Å²) in [6.45, 7) is 3.98. The third-order valence-corrected chi connectivity index (χ3v) is 3.14. The molecule has 1 rings (SSSR count). The van der Waals surface area contributed by atoms with Crippen molar-refractivity contribution in [1.82, 2.24) is 5.32 Å². The first-order chi connectivity index (χ1) is 6.29. The van der Waals surface area contributed by atoms with Crippen LogP contribution in [0, 0.1) is 0 Å². The second-order valence-electron chi connectivity index (χ2n) is 2.71. The number of rotatable bonds is 4. The number of halogens is 1. The van der Waals surface area contributed by atoms with E-state index in [0.717, 1.165) is 18.1 Å². The van der Waals surface area contributed by atoms with Gasteiger partial charge in [0.2, 0.25) is 0 Å². The lowest BCUT2D eigenvalue weighted by molar-refractivity contribution is 0.718. The molecule has 0 aliphatic heterocycles. The van der Waals surface area contributed by atoms with Crippen molar-refractivity contribution in [3.8, 4) is 0 Å². The highest BCUT2D eigenvalue weighted by Gasteiger charge is 2.04. The molecule has 1 aromatic carbocycles. The van der Waals surface area contributed by atoms with E-state index in [1.807, 2.05) is 12.1 Å². The van der Waals surface area contributed by atoms with Gasteiger partial charge in [-0.05, 0) is 24.4 Å². The van der Waals surface area contributed by atoms with E-state index in [1.54, 1.807) is 11.8 Å². The van der Waals surface area contributed by atoms with Gasteiger partial charge in [-0.25, -0.2) is 0 Å². The molecule has 0 radical (unpaired) electrons. The second-order valence-corrected chi connectivity index (χ2v) is 3.94. The lowest BCUT2D eigenvalue weighted by atomic mass is 10.2. The molecule has 0 fully saturated rings. The van der Waals surface area contributed by atoms with E-state index >= 15 is 0 Å². The summed E-state index contributed by atoms with van der Waals surface area (Å²) in [6.07, 6.45) is 2.05. The van der Waals surface area contributed by atoms with Crippen molar-refractivity contribution in [3.05, 3.63) is 28.8 Å². The van der Waals surface area contributed by atoms with Crippen molar-refractivity contribution in [2.75, 3.05) is 12.8 Å². The highest BCUT2D eigenvalue weighted by Crippen LogP contribution is 2.28. The Morgan fingerprint density at radius 2 is 2.23 bits per heavy atom. The van der Waals surface area contributed by atoms with Crippen molar-refractivity contribution in [2.45, 2.75) is 18.4 Å². The lowest BCUT2D eigenvalue weighted by Crippen LogP contribution is -2.12. The molecule has 0 aliphatic rings. The summed E-state index contributed by atoms with van der Waals surface area (Å²) < 4.78 is 0. The van der Waals surface area contributed by atoms with Gasteiger partial charge in [-0.1, -0.05) is 30.7 Å². The van der Waals surface area contributed by atoms with Crippen LogP contribution in [0.2, 0.25) is 5.02 Å². The molecule has 1 aromatic rings. The van der Waals surface area contributed by atoms with E-state index in [9.17, 15) is 0 Å². The number of hydrogen-bond donors (Lipinski definition) is 1. The van der Waals surface area contributed by atoms with Gasteiger partial charge >= 0.3 is 0 Å². The molecule has 0 bridgehead atoms. The average molecular weight is 216 g/mol. The first-order valence-electron chi connectivity index (χ1n) is 4.31. The van der Waals surface area contributed by atoms with Gasteiger partial charge in [0.25, 0.3) is 0 Å². The van der Waals surface area contributed by atoms with E-state index in [2.05, 4.69) is 24.6 Å². The summed E-state index contributed by atoms with van der Waals surface area (Å²) in [5, 5.41) is 4.14. The van der Waals surface area contributed by atoms with Gasteiger partial charge in [-0.15, -0.1) is 11.8 Å². The monoisotopic (exact) mass is 215 g/mol. The summed E-state index contributed by atoms with van der Waals surface area (Å²) in [6, 6.07) is 6.04. The largest absolute Gasteiger partial charge is 0.313 e. The van der Waals surface area contributed by atoms with Crippen LogP contribution in [-0.4, -0.2) is 12.8 Å². The van der Waals surface area contributed by atoms with Crippen LogP contribution in [0.5, 0.6) is 0 Å². The normalized spacial score (nSPS) is 10.4. The van der Waals surface area contributed by atoms with E-state index in [1.165, 1.54) is 10.5 Å². The topological polar surface area (TPSA) is 12.0 Å². The maximum absolute atomic E-state index is 6.06. The fourth-order valence-corrected chi connectivity index (χ4v) is 2.27. The minimum atomic E-state index is 0.850. The third kappa shape index (κ3) is 2.90. The Morgan fingerprint density at radius 3 is 2.85 bits per heavy atom. The van der Waals surface area contributed by atoms with Crippen molar-refractivity contribution < 1.29 is 0 Å². The van der Waals surface area contributed by atoms with Crippen LogP contribution in [0.1, 0.15) is 12.5 Å². The van der Waals surface area contributed by atoms with Gasteiger partial charge < -0.3 is 5.32 Å². The molecule has 0 saturated carbocycles. The highest BCUT2D eigenvalue weighted by atomic mass is 35.5. The van der Waals surface area contributed by atoms with Crippen molar-refractivity contribution in [2.24, 2.45) is 0 Å². The maximum Gasteiger partial charge on any atom is 0.0545 e. The van der Waals surface area contributed by atoms with Crippen LogP contribution in [0.4, 0.5) is 0 Å². The van der Waals surface area contributed by atoms with Crippen LogP contribution < -0.4 is 5.32 Å². The minimum Gasteiger partial charge on any atom is -0.313 e. The summed E-state index contributed by atoms with van der Waals surface area (Å²) in [5.74, 6) is 0. The van der Waals surface area contributed by atoms with Gasteiger partial charge in [0.05, 0.1) is 5.02 Å². The third-order valence-electron chi connectivity index (χ3n) is 1.82. The molecule has 0 spiro atoms. The number of benzene rings is 1. The average Bonchev–Trinajstić information content (AvgIpc) is 2.15. The number of thioether (sulfide) groups is 1. The fourth-order valence-electron chi connectivity index (χ4n) is 1.18. The van der Waals surface area contributed by atoms with Crippen LogP contribution in [0.15, 0.2) is 23.1 Å². The van der Waals surface area contributed by atoms with Crippen LogP contribution in [0.3, 0.4) is 0 Å². The Hall–Kier alpha value is -0.180. The standard InChI is InChI=1S/C10H14ClNS/c1-3-12-7-8-5-4-6-9(11)10(8)13-2/h4-6,12H,3,7H2,1-2H3. The Bertz CT molecular complexity index is 276. The molecule has 0 aromatic heterocycles. The quantitative estimate of drug-likeness (QED) is 0.775. The molecule has 0 amide bonds. The molecule has 0 aliphatic carbocycles. The van der Waals surface area contributed by atoms with Crippen LogP contribution >= 0.6 is 23.4 Å². The molecule has 3 heteroatoms.